The van der Waals surface area contributed by atoms with Crippen LogP contribution in [0.15, 0.2) is 0 Å². The van der Waals surface area contributed by atoms with Crippen LogP contribution in [0.3, 0.4) is 0 Å². The minimum absolute atomic E-state index is 0.106. The van der Waals surface area contributed by atoms with Gasteiger partial charge in [-0.3, -0.25) is 0 Å². The Morgan fingerprint density at radius 2 is 2.21 bits per heavy atom. The van der Waals surface area contributed by atoms with E-state index in [9.17, 15) is 9.90 Å². The largest absolute Gasteiger partial charge is 0.506 e. The summed E-state index contributed by atoms with van der Waals surface area (Å²) in [5.74, 6) is 0. The molecule has 4 N–H and O–H groups in total. The fourth-order valence-corrected chi connectivity index (χ4v) is 1.29. The molecule has 1 aliphatic heterocycles. The lowest BCUT2D eigenvalue weighted by atomic mass is 10.1. The van der Waals surface area contributed by atoms with E-state index in [1.165, 1.54) is 0 Å². The third-order valence-electron chi connectivity index (χ3n) is 1.99. The highest BCUT2D eigenvalue weighted by molar-refractivity contribution is 5.57. The number of ether oxygens (including phenoxy) is 2. The van der Waals surface area contributed by atoms with Gasteiger partial charge in [-0.15, -0.1) is 0 Å². The standard InChI is InChI=1S/C7H12O7/c8-1-4(14-7(11)12)6-5(10)3(9)2-13-6/h3-6,8-10H,1-2H2,(H,11,12)/t3-,4+,5+,6+/m0/s1. The second kappa shape index (κ2) is 4.56. The monoisotopic (exact) mass is 208 g/mol. The number of carbonyl (C=O) groups is 1. The van der Waals surface area contributed by atoms with Gasteiger partial charge in [-0.25, -0.2) is 4.79 Å². The summed E-state index contributed by atoms with van der Waals surface area (Å²) in [6.45, 7) is -0.716. The lowest BCUT2D eigenvalue weighted by Gasteiger charge is -2.22. The molecule has 4 atom stereocenters. The molecule has 1 heterocycles. The van der Waals surface area contributed by atoms with Gasteiger partial charge in [0.15, 0.2) is 6.10 Å². The number of aliphatic hydroxyl groups is 3. The topological polar surface area (TPSA) is 116 Å². The van der Waals surface area contributed by atoms with Crippen molar-refractivity contribution in [2.45, 2.75) is 24.4 Å². The van der Waals surface area contributed by atoms with Gasteiger partial charge < -0.3 is 29.9 Å². The molecule has 0 aromatic heterocycles. The SMILES string of the molecule is O=C(O)O[C@H](CO)[C@H]1OC[C@H](O)[C@H]1O. The zero-order chi connectivity index (χ0) is 10.7. The molecule has 0 unspecified atom stereocenters. The Balaban J connectivity index is 2.56. The molecule has 1 aliphatic rings. The molecule has 0 bridgehead atoms. The molecule has 0 aliphatic carbocycles. The predicted molar refractivity (Wildman–Crippen MR) is 41.7 cm³/mol. The van der Waals surface area contributed by atoms with E-state index in [0.717, 1.165) is 0 Å². The number of hydrogen-bond acceptors (Lipinski definition) is 6. The highest BCUT2D eigenvalue weighted by Crippen LogP contribution is 2.19. The van der Waals surface area contributed by atoms with Gasteiger partial charge in [-0.2, -0.15) is 0 Å². The maximum absolute atomic E-state index is 10.2. The van der Waals surface area contributed by atoms with E-state index in [1.54, 1.807) is 0 Å². The van der Waals surface area contributed by atoms with Crippen molar-refractivity contribution < 1.29 is 34.7 Å². The quantitative estimate of drug-likeness (QED) is 0.403. The van der Waals surface area contributed by atoms with Crippen molar-refractivity contribution in [3.8, 4) is 0 Å². The van der Waals surface area contributed by atoms with Crippen LogP contribution in [-0.2, 0) is 9.47 Å². The van der Waals surface area contributed by atoms with E-state index < -0.39 is 37.2 Å². The van der Waals surface area contributed by atoms with Crippen molar-refractivity contribution in [1.29, 1.82) is 0 Å². The van der Waals surface area contributed by atoms with E-state index in [0.29, 0.717) is 0 Å². The lowest BCUT2D eigenvalue weighted by Crippen LogP contribution is -2.42. The van der Waals surface area contributed by atoms with Crippen LogP contribution in [-0.4, -0.2) is 64.2 Å². The summed E-state index contributed by atoms with van der Waals surface area (Å²) < 4.78 is 9.16. The van der Waals surface area contributed by atoms with Crippen LogP contribution in [0.5, 0.6) is 0 Å². The number of hydrogen-bond donors (Lipinski definition) is 4. The van der Waals surface area contributed by atoms with Gasteiger partial charge in [-0.05, 0) is 0 Å². The Morgan fingerprint density at radius 1 is 1.57 bits per heavy atom. The van der Waals surface area contributed by atoms with Crippen LogP contribution in [0.2, 0.25) is 0 Å². The van der Waals surface area contributed by atoms with Crippen LogP contribution in [0, 0.1) is 0 Å². The molecule has 1 fully saturated rings. The zero-order valence-corrected chi connectivity index (χ0v) is 7.24. The Kier molecular flexibility index (Phi) is 3.64. The Hall–Kier alpha value is -0.890. The lowest BCUT2D eigenvalue weighted by molar-refractivity contribution is -0.0830. The van der Waals surface area contributed by atoms with E-state index in [1.807, 2.05) is 0 Å². The van der Waals surface area contributed by atoms with Crippen LogP contribution in [0.4, 0.5) is 4.79 Å². The summed E-state index contributed by atoms with van der Waals surface area (Å²) >= 11 is 0. The third-order valence-corrected chi connectivity index (χ3v) is 1.99. The smallest absolute Gasteiger partial charge is 0.450 e. The first-order chi connectivity index (χ1) is 6.56. The number of carboxylic acid groups (broad SMARTS) is 1. The van der Waals surface area contributed by atoms with Crippen molar-refractivity contribution in [3.63, 3.8) is 0 Å². The molecule has 0 aromatic rings. The number of aliphatic hydroxyl groups excluding tert-OH is 3. The molecule has 0 saturated carbocycles. The maximum atomic E-state index is 10.2. The first-order valence-corrected chi connectivity index (χ1v) is 4.04. The Labute approximate surface area is 79.5 Å². The van der Waals surface area contributed by atoms with Crippen LogP contribution in [0.1, 0.15) is 0 Å². The fraction of sp³-hybridized carbons (Fsp3) is 0.857. The van der Waals surface area contributed by atoms with E-state index in [4.69, 9.17) is 20.1 Å². The average molecular weight is 208 g/mol. The molecule has 0 amide bonds. The average Bonchev–Trinajstić information content (AvgIpc) is 2.44. The van der Waals surface area contributed by atoms with Gasteiger partial charge >= 0.3 is 6.16 Å². The fourth-order valence-electron chi connectivity index (χ4n) is 1.29. The molecule has 7 nitrogen and oxygen atoms in total. The Bertz CT molecular complexity index is 206. The van der Waals surface area contributed by atoms with E-state index >= 15 is 0 Å². The highest BCUT2D eigenvalue weighted by Gasteiger charge is 2.41. The van der Waals surface area contributed by atoms with Gasteiger partial charge in [0.25, 0.3) is 0 Å². The molecule has 0 spiro atoms. The van der Waals surface area contributed by atoms with Gasteiger partial charge in [-0.1, -0.05) is 0 Å². The van der Waals surface area contributed by atoms with Gasteiger partial charge in [0.05, 0.1) is 13.2 Å². The van der Waals surface area contributed by atoms with Gasteiger partial charge in [0.1, 0.15) is 18.3 Å². The summed E-state index contributed by atoms with van der Waals surface area (Å²) in [6, 6.07) is 0. The van der Waals surface area contributed by atoms with Crippen molar-refractivity contribution in [2.75, 3.05) is 13.2 Å². The minimum Gasteiger partial charge on any atom is -0.450 e. The summed E-state index contributed by atoms with van der Waals surface area (Å²) in [7, 11) is 0. The molecular formula is C7H12O7. The van der Waals surface area contributed by atoms with Crippen molar-refractivity contribution in [3.05, 3.63) is 0 Å². The molecule has 0 aromatic carbocycles. The summed E-state index contributed by atoms with van der Waals surface area (Å²) in [5, 5.41) is 35.5. The Morgan fingerprint density at radius 3 is 2.57 bits per heavy atom. The molecular weight excluding hydrogens is 196 g/mol. The number of rotatable bonds is 3. The highest BCUT2D eigenvalue weighted by atomic mass is 16.7. The first-order valence-electron chi connectivity index (χ1n) is 4.04. The third kappa shape index (κ3) is 2.32. The summed E-state index contributed by atoms with van der Waals surface area (Å²) in [6.07, 6.45) is -6.09. The molecule has 1 saturated heterocycles. The molecule has 82 valence electrons. The molecule has 0 radical (unpaired) electrons. The predicted octanol–water partition coefficient (Wildman–Crippen LogP) is -1.84. The van der Waals surface area contributed by atoms with Crippen LogP contribution < -0.4 is 0 Å². The maximum Gasteiger partial charge on any atom is 0.506 e. The van der Waals surface area contributed by atoms with Crippen LogP contribution in [0.25, 0.3) is 0 Å². The second-order valence-electron chi connectivity index (χ2n) is 2.96. The second-order valence-corrected chi connectivity index (χ2v) is 2.96. The molecule has 14 heavy (non-hydrogen) atoms. The summed E-state index contributed by atoms with van der Waals surface area (Å²) in [4.78, 5) is 10.2. The first kappa shape index (κ1) is 11.2. The minimum atomic E-state index is -1.57. The zero-order valence-electron chi connectivity index (χ0n) is 7.24. The van der Waals surface area contributed by atoms with Gasteiger partial charge in [0, 0.05) is 0 Å². The molecule has 1 rings (SSSR count). The summed E-state index contributed by atoms with van der Waals surface area (Å²) in [5.41, 5.74) is 0. The van der Waals surface area contributed by atoms with Crippen molar-refractivity contribution in [2.24, 2.45) is 0 Å². The van der Waals surface area contributed by atoms with E-state index in [-0.39, 0.29) is 6.61 Å². The normalized spacial score (nSPS) is 34.1. The van der Waals surface area contributed by atoms with Crippen LogP contribution >= 0.6 is 0 Å². The van der Waals surface area contributed by atoms with E-state index in [2.05, 4.69) is 4.74 Å². The van der Waals surface area contributed by atoms with Crippen molar-refractivity contribution in [1.82, 2.24) is 0 Å². The van der Waals surface area contributed by atoms with Crippen molar-refractivity contribution >= 4 is 6.16 Å². The molecule has 7 heteroatoms. The van der Waals surface area contributed by atoms with Gasteiger partial charge in [0.2, 0.25) is 0 Å².